The molecule has 1 atom stereocenters. The van der Waals surface area contributed by atoms with Crippen molar-refractivity contribution in [1.29, 1.82) is 0 Å². The Kier molecular flexibility index (Phi) is 17.2. The van der Waals surface area contributed by atoms with Gasteiger partial charge in [-0.15, -0.1) is 0 Å². The summed E-state index contributed by atoms with van der Waals surface area (Å²) in [5.41, 5.74) is 0. The molecule has 0 spiro atoms. The lowest BCUT2D eigenvalue weighted by Crippen LogP contribution is -2.35. The highest BCUT2D eigenvalue weighted by Crippen LogP contribution is 2.22. The first-order valence-corrected chi connectivity index (χ1v) is 10.5. The average molecular weight is 359 g/mol. The van der Waals surface area contributed by atoms with Crippen LogP contribution in [0.4, 0.5) is 0 Å². The van der Waals surface area contributed by atoms with E-state index in [1.54, 1.807) is 14.2 Å². The van der Waals surface area contributed by atoms with Gasteiger partial charge in [-0.05, 0) is 40.0 Å². The number of methoxy groups -OCH3 is 2. The van der Waals surface area contributed by atoms with E-state index < -0.39 is 0 Å². The molecule has 0 aliphatic carbocycles. The van der Waals surface area contributed by atoms with Crippen LogP contribution in [0.1, 0.15) is 71.6 Å². The summed E-state index contributed by atoms with van der Waals surface area (Å²) in [5.74, 6) is 0.499. The summed E-state index contributed by atoms with van der Waals surface area (Å²) in [4.78, 5) is 4.80. The number of hydrogen-bond acceptors (Lipinski definition) is 4. The molecule has 1 unspecified atom stereocenters. The van der Waals surface area contributed by atoms with E-state index in [9.17, 15) is 0 Å². The first-order valence-electron chi connectivity index (χ1n) is 10.5. The topological polar surface area (TPSA) is 24.9 Å². The molecule has 0 rings (SSSR count). The fraction of sp³-hybridized carbons (Fsp3) is 1.00. The molecular formula is C21H46N2O2. The van der Waals surface area contributed by atoms with Gasteiger partial charge in [0.2, 0.25) is 0 Å². The van der Waals surface area contributed by atoms with Crippen molar-refractivity contribution in [2.75, 3.05) is 54.5 Å². The number of unbranched alkanes of at least 4 members (excludes halogenated alkanes) is 6. The number of ether oxygens (including phenoxy) is 2. The van der Waals surface area contributed by atoms with Gasteiger partial charge in [-0.2, -0.15) is 0 Å². The number of rotatable bonds is 18. The fourth-order valence-electron chi connectivity index (χ4n) is 3.38. The van der Waals surface area contributed by atoms with Gasteiger partial charge in [-0.3, -0.25) is 0 Å². The highest BCUT2D eigenvalue weighted by molar-refractivity contribution is 4.68. The van der Waals surface area contributed by atoms with Gasteiger partial charge < -0.3 is 19.3 Å². The maximum Gasteiger partial charge on any atom is 0.159 e. The second kappa shape index (κ2) is 17.3. The van der Waals surface area contributed by atoms with Crippen molar-refractivity contribution in [3.8, 4) is 0 Å². The summed E-state index contributed by atoms with van der Waals surface area (Å²) in [6.45, 7) is 9.04. The molecule has 0 bridgehead atoms. The highest BCUT2D eigenvalue weighted by atomic mass is 16.7. The molecule has 0 saturated heterocycles. The predicted octanol–water partition coefficient (Wildman–Crippen LogP) is 4.64. The lowest BCUT2D eigenvalue weighted by molar-refractivity contribution is -0.141. The maximum absolute atomic E-state index is 5.59. The first kappa shape index (κ1) is 24.8. The zero-order valence-corrected chi connectivity index (χ0v) is 18.1. The van der Waals surface area contributed by atoms with Crippen LogP contribution in [-0.2, 0) is 9.47 Å². The van der Waals surface area contributed by atoms with Crippen LogP contribution in [0, 0.1) is 5.92 Å². The Morgan fingerprint density at radius 1 is 0.720 bits per heavy atom. The van der Waals surface area contributed by atoms with Crippen molar-refractivity contribution in [2.45, 2.75) is 77.9 Å². The van der Waals surface area contributed by atoms with Gasteiger partial charge in [-0.25, -0.2) is 0 Å². The zero-order chi connectivity index (χ0) is 18.9. The third-order valence-electron chi connectivity index (χ3n) is 5.15. The van der Waals surface area contributed by atoms with Crippen molar-refractivity contribution in [3.05, 3.63) is 0 Å². The van der Waals surface area contributed by atoms with E-state index >= 15 is 0 Å². The van der Waals surface area contributed by atoms with E-state index in [0.29, 0.717) is 5.92 Å². The minimum absolute atomic E-state index is 0.0624. The van der Waals surface area contributed by atoms with E-state index in [1.165, 1.54) is 51.4 Å². The molecule has 4 heteroatoms. The van der Waals surface area contributed by atoms with Crippen molar-refractivity contribution < 1.29 is 9.47 Å². The van der Waals surface area contributed by atoms with E-state index in [4.69, 9.17) is 9.47 Å². The van der Waals surface area contributed by atoms with Gasteiger partial charge in [0.25, 0.3) is 0 Å². The van der Waals surface area contributed by atoms with Gasteiger partial charge in [0, 0.05) is 33.2 Å². The van der Waals surface area contributed by atoms with Crippen LogP contribution in [0.5, 0.6) is 0 Å². The third kappa shape index (κ3) is 13.7. The minimum Gasteiger partial charge on any atom is -0.356 e. The highest BCUT2D eigenvalue weighted by Gasteiger charge is 2.21. The van der Waals surface area contributed by atoms with Crippen LogP contribution < -0.4 is 0 Å². The molecule has 152 valence electrons. The van der Waals surface area contributed by atoms with Gasteiger partial charge in [-0.1, -0.05) is 58.8 Å². The quantitative estimate of drug-likeness (QED) is 0.263. The Hall–Kier alpha value is -0.160. The van der Waals surface area contributed by atoms with Gasteiger partial charge in [0.15, 0.2) is 6.29 Å². The van der Waals surface area contributed by atoms with Gasteiger partial charge in [0.05, 0.1) is 0 Å². The van der Waals surface area contributed by atoms with E-state index in [1.807, 2.05) is 0 Å². The van der Waals surface area contributed by atoms with Crippen LogP contribution in [0.25, 0.3) is 0 Å². The summed E-state index contributed by atoms with van der Waals surface area (Å²) in [6, 6.07) is 0. The maximum atomic E-state index is 5.59. The summed E-state index contributed by atoms with van der Waals surface area (Å²) in [7, 11) is 7.83. The predicted molar refractivity (Wildman–Crippen MR) is 109 cm³/mol. The van der Waals surface area contributed by atoms with Crippen molar-refractivity contribution in [3.63, 3.8) is 0 Å². The monoisotopic (exact) mass is 358 g/mol. The largest absolute Gasteiger partial charge is 0.356 e. The van der Waals surface area contributed by atoms with Gasteiger partial charge >= 0.3 is 0 Å². The van der Waals surface area contributed by atoms with Crippen LogP contribution >= 0.6 is 0 Å². The number of hydrogen-bond donors (Lipinski definition) is 0. The molecule has 0 aromatic heterocycles. The molecular weight excluding hydrogens is 312 g/mol. The second-order valence-electron chi connectivity index (χ2n) is 7.54. The molecule has 0 saturated carbocycles. The smallest absolute Gasteiger partial charge is 0.159 e. The Morgan fingerprint density at radius 3 is 1.84 bits per heavy atom. The molecule has 0 aliphatic heterocycles. The Morgan fingerprint density at radius 2 is 1.32 bits per heavy atom. The second-order valence-corrected chi connectivity index (χ2v) is 7.54. The van der Waals surface area contributed by atoms with E-state index in [2.05, 4.69) is 37.7 Å². The number of likely N-dealkylation sites (N-methyl/N-ethyl adjacent to an activating group) is 2. The third-order valence-corrected chi connectivity index (χ3v) is 5.15. The molecule has 0 fully saturated rings. The SMILES string of the molecule is CCCCCCCCCC(CCN(CC)CCN(C)C)C(OC)OC. The molecule has 0 heterocycles. The standard InChI is InChI=1S/C21H46N2O2/c1-7-9-10-11-12-13-14-15-20(21(24-5)25-6)16-17-23(8-2)19-18-22(3)4/h20-21H,7-19H2,1-6H3. The molecule has 0 aliphatic rings. The normalized spacial score (nSPS) is 13.3. The Labute approximate surface area is 158 Å². The van der Waals surface area contributed by atoms with Crippen molar-refractivity contribution >= 4 is 0 Å². The molecule has 0 aromatic carbocycles. The molecule has 0 N–H and O–H groups in total. The van der Waals surface area contributed by atoms with E-state index in [-0.39, 0.29) is 6.29 Å². The number of nitrogens with zero attached hydrogens (tertiary/aromatic N) is 2. The summed E-state index contributed by atoms with van der Waals surface area (Å²) in [6.07, 6.45) is 11.8. The minimum atomic E-state index is -0.0624. The van der Waals surface area contributed by atoms with E-state index in [0.717, 1.165) is 32.6 Å². The lowest BCUT2D eigenvalue weighted by Gasteiger charge is -2.28. The van der Waals surface area contributed by atoms with Crippen LogP contribution in [0.3, 0.4) is 0 Å². The molecule has 0 amide bonds. The van der Waals surface area contributed by atoms with Crippen molar-refractivity contribution in [1.82, 2.24) is 9.80 Å². The lowest BCUT2D eigenvalue weighted by atomic mass is 9.96. The summed E-state index contributed by atoms with van der Waals surface area (Å²) in [5, 5.41) is 0. The van der Waals surface area contributed by atoms with Gasteiger partial charge in [0.1, 0.15) is 0 Å². The van der Waals surface area contributed by atoms with Crippen LogP contribution in [0.2, 0.25) is 0 Å². The molecule has 4 nitrogen and oxygen atoms in total. The Bertz CT molecular complexity index is 271. The van der Waals surface area contributed by atoms with Crippen LogP contribution in [-0.4, -0.2) is 70.6 Å². The molecule has 25 heavy (non-hydrogen) atoms. The summed E-state index contributed by atoms with van der Waals surface area (Å²) >= 11 is 0. The zero-order valence-electron chi connectivity index (χ0n) is 18.1. The molecule has 0 radical (unpaired) electrons. The average Bonchev–Trinajstić information content (AvgIpc) is 2.61. The summed E-state index contributed by atoms with van der Waals surface area (Å²) < 4.78 is 11.2. The first-order chi connectivity index (χ1) is 12.1. The molecule has 0 aromatic rings. The fourth-order valence-corrected chi connectivity index (χ4v) is 3.38. The van der Waals surface area contributed by atoms with Crippen molar-refractivity contribution in [2.24, 2.45) is 5.92 Å². The van der Waals surface area contributed by atoms with Crippen LogP contribution in [0.15, 0.2) is 0 Å². The Balaban J connectivity index is 4.19.